The molecule has 0 fully saturated rings. The minimum Gasteiger partial charge on any atom is -0.310 e. The highest BCUT2D eigenvalue weighted by Gasteiger charge is 2.03. The molecule has 1 aromatic carbocycles. The quantitative estimate of drug-likeness (QED) is 0.796. The van der Waals surface area contributed by atoms with Crippen molar-refractivity contribution in [2.75, 3.05) is 0 Å². The molecule has 5 heteroatoms. The molecule has 0 aliphatic carbocycles. The van der Waals surface area contributed by atoms with E-state index >= 15 is 0 Å². The van der Waals surface area contributed by atoms with E-state index in [9.17, 15) is 0 Å². The highest BCUT2D eigenvalue weighted by atomic mass is 32.2. The lowest BCUT2D eigenvalue weighted by Gasteiger charge is -2.08. The lowest BCUT2D eigenvalue weighted by Crippen LogP contribution is -2.21. The standard InChI is InChI=1S/C15H22N4S/c1-4-19-15(17-11-18-19)10-20-14-7-5-13(6-8-14)9-16-12(2)3/h5-8,11-12,16H,4,9-10H2,1-3H3. The zero-order valence-corrected chi connectivity index (χ0v) is 13.2. The summed E-state index contributed by atoms with van der Waals surface area (Å²) in [5.74, 6) is 1.89. The summed E-state index contributed by atoms with van der Waals surface area (Å²) < 4.78 is 1.94. The van der Waals surface area contributed by atoms with Crippen LogP contribution in [0.25, 0.3) is 0 Å². The Morgan fingerprint density at radius 3 is 2.65 bits per heavy atom. The fourth-order valence-corrected chi connectivity index (χ4v) is 2.69. The van der Waals surface area contributed by atoms with Crippen molar-refractivity contribution in [3.8, 4) is 0 Å². The van der Waals surface area contributed by atoms with Gasteiger partial charge in [-0.1, -0.05) is 26.0 Å². The molecule has 4 nitrogen and oxygen atoms in total. The predicted octanol–water partition coefficient (Wildman–Crippen LogP) is 3.09. The van der Waals surface area contributed by atoms with E-state index in [1.54, 1.807) is 18.1 Å². The van der Waals surface area contributed by atoms with Crippen LogP contribution in [-0.4, -0.2) is 20.8 Å². The van der Waals surface area contributed by atoms with Crippen LogP contribution in [0.1, 0.15) is 32.2 Å². The normalized spacial score (nSPS) is 11.2. The molecule has 2 rings (SSSR count). The molecule has 20 heavy (non-hydrogen) atoms. The van der Waals surface area contributed by atoms with Gasteiger partial charge in [0.1, 0.15) is 12.2 Å². The molecule has 1 heterocycles. The van der Waals surface area contributed by atoms with Crippen molar-refractivity contribution in [3.05, 3.63) is 42.0 Å². The van der Waals surface area contributed by atoms with E-state index in [0.29, 0.717) is 6.04 Å². The Hall–Kier alpha value is -1.33. The van der Waals surface area contributed by atoms with E-state index in [4.69, 9.17) is 0 Å². The van der Waals surface area contributed by atoms with Crippen molar-refractivity contribution in [2.45, 2.75) is 50.6 Å². The second-order valence-electron chi connectivity index (χ2n) is 4.96. The SMILES string of the molecule is CCn1ncnc1CSc1ccc(CNC(C)C)cc1. The van der Waals surface area contributed by atoms with Crippen molar-refractivity contribution in [3.63, 3.8) is 0 Å². The Morgan fingerprint density at radius 1 is 1.25 bits per heavy atom. The number of aryl methyl sites for hydroxylation is 1. The first-order valence-corrected chi connectivity index (χ1v) is 7.99. The number of hydrogen-bond acceptors (Lipinski definition) is 4. The van der Waals surface area contributed by atoms with Gasteiger partial charge in [0.15, 0.2) is 0 Å². The number of benzene rings is 1. The fraction of sp³-hybridized carbons (Fsp3) is 0.467. The van der Waals surface area contributed by atoms with Crippen LogP contribution in [0.15, 0.2) is 35.5 Å². The molecule has 0 saturated carbocycles. The van der Waals surface area contributed by atoms with Crippen molar-refractivity contribution in [1.29, 1.82) is 0 Å². The molecule has 0 radical (unpaired) electrons. The van der Waals surface area contributed by atoms with Gasteiger partial charge < -0.3 is 5.32 Å². The molecule has 0 aliphatic heterocycles. The van der Waals surface area contributed by atoms with Crippen LogP contribution in [0.5, 0.6) is 0 Å². The molecule has 0 bridgehead atoms. The fourth-order valence-electron chi connectivity index (χ4n) is 1.84. The average Bonchev–Trinajstić information content (AvgIpc) is 2.91. The van der Waals surface area contributed by atoms with Crippen LogP contribution in [-0.2, 0) is 18.8 Å². The van der Waals surface area contributed by atoms with Gasteiger partial charge >= 0.3 is 0 Å². The van der Waals surface area contributed by atoms with E-state index in [2.05, 4.69) is 60.4 Å². The lowest BCUT2D eigenvalue weighted by atomic mass is 10.2. The van der Waals surface area contributed by atoms with Gasteiger partial charge in [-0.3, -0.25) is 0 Å². The van der Waals surface area contributed by atoms with Gasteiger partial charge in [-0.15, -0.1) is 11.8 Å². The zero-order chi connectivity index (χ0) is 14.4. The van der Waals surface area contributed by atoms with Gasteiger partial charge in [0.05, 0.1) is 5.75 Å². The van der Waals surface area contributed by atoms with Crippen LogP contribution in [0.4, 0.5) is 0 Å². The monoisotopic (exact) mass is 290 g/mol. The second-order valence-corrected chi connectivity index (χ2v) is 6.01. The maximum Gasteiger partial charge on any atom is 0.138 e. The summed E-state index contributed by atoms with van der Waals surface area (Å²) in [5, 5.41) is 7.61. The van der Waals surface area contributed by atoms with Gasteiger partial charge in [-0.05, 0) is 24.6 Å². The van der Waals surface area contributed by atoms with Gasteiger partial charge in [-0.25, -0.2) is 9.67 Å². The van der Waals surface area contributed by atoms with Crippen molar-refractivity contribution in [2.24, 2.45) is 0 Å². The Balaban J connectivity index is 1.87. The molecule has 0 saturated heterocycles. The summed E-state index contributed by atoms with van der Waals surface area (Å²) in [7, 11) is 0. The maximum absolute atomic E-state index is 4.29. The largest absolute Gasteiger partial charge is 0.310 e. The van der Waals surface area contributed by atoms with Gasteiger partial charge in [0.2, 0.25) is 0 Å². The number of aromatic nitrogens is 3. The van der Waals surface area contributed by atoms with Crippen molar-refractivity contribution in [1.82, 2.24) is 20.1 Å². The number of hydrogen-bond donors (Lipinski definition) is 1. The zero-order valence-electron chi connectivity index (χ0n) is 12.3. The molecular weight excluding hydrogens is 268 g/mol. The average molecular weight is 290 g/mol. The predicted molar refractivity (Wildman–Crippen MR) is 83.7 cm³/mol. The Labute approximate surface area is 125 Å². The molecule has 0 aliphatic rings. The molecule has 0 atom stereocenters. The van der Waals surface area contributed by atoms with E-state index in [1.165, 1.54) is 10.5 Å². The Kier molecular flexibility index (Phi) is 5.61. The second kappa shape index (κ2) is 7.45. The summed E-state index contributed by atoms with van der Waals surface area (Å²) in [6.45, 7) is 8.20. The highest BCUT2D eigenvalue weighted by Crippen LogP contribution is 2.22. The highest BCUT2D eigenvalue weighted by molar-refractivity contribution is 7.98. The van der Waals surface area contributed by atoms with E-state index in [1.807, 2.05) is 4.68 Å². The third kappa shape index (κ3) is 4.35. The first kappa shape index (κ1) is 15.1. The summed E-state index contributed by atoms with van der Waals surface area (Å²) in [6.07, 6.45) is 1.63. The molecule has 108 valence electrons. The molecule has 1 N–H and O–H groups in total. The Morgan fingerprint density at radius 2 is 2.00 bits per heavy atom. The smallest absolute Gasteiger partial charge is 0.138 e. The minimum absolute atomic E-state index is 0.518. The summed E-state index contributed by atoms with van der Waals surface area (Å²) >= 11 is 1.80. The number of nitrogens with zero attached hydrogens (tertiary/aromatic N) is 3. The van der Waals surface area contributed by atoms with Crippen LogP contribution >= 0.6 is 11.8 Å². The van der Waals surface area contributed by atoms with Crippen LogP contribution in [0.2, 0.25) is 0 Å². The van der Waals surface area contributed by atoms with E-state index in [-0.39, 0.29) is 0 Å². The molecule has 0 amide bonds. The third-order valence-electron chi connectivity index (χ3n) is 3.00. The summed E-state index contributed by atoms with van der Waals surface area (Å²) in [5.41, 5.74) is 1.32. The molecule has 0 spiro atoms. The van der Waals surface area contributed by atoms with Crippen LogP contribution < -0.4 is 5.32 Å². The molecule has 2 aromatic rings. The van der Waals surface area contributed by atoms with Crippen molar-refractivity contribution < 1.29 is 0 Å². The number of nitrogens with one attached hydrogen (secondary N) is 1. The lowest BCUT2D eigenvalue weighted by molar-refractivity contribution is 0.588. The van der Waals surface area contributed by atoms with E-state index < -0.39 is 0 Å². The minimum atomic E-state index is 0.518. The van der Waals surface area contributed by atoms with Gasteiger partial charge in [0.25, 0.3) is 0 Å². The van der Waals surface area contributed by atoms with Gasteiger partial charge in [-0.2, -0.15) is 5.10 Å². The van der Waals surface area contributed by atoms with Crippen LogP contribution in [0.3, 0.4) is 0 Å². The summed E-state index contributed by atoms with van der Waals surface area (Å²) in [6, 6.07) is 9.23. The van der Waals surface area contributed by atoms with Crippen molar-refractivity contribution >= 4 is 11.8 Å². The summed E-state index contributed by atoms with van der Waals surface area (Å²) in [4.78, 5) is 5.56. The maximum atomic E-state index is 4.29. The Bertz CT molecular complexity index is 519. The first-order chi connectivity index (χ1) is 9.69. The first-order valence-electron chi connectivity index (χ1n) is 7.01. The molecular formula is C15H22N4S. The molecule has 1 aromatic heterocycles. The topological polar surface area (TPSA) is 42.7 Å². The van der Waals surface area contributed by atoms with Crippen LogP contribution in [0, 0.1) is 0 Å². The van der Waals surface area contributed by atoms with Gasteiger partial charge in [0, 0.05) is 24.0 Å². The van der Waals surface area contributed by atoms with E-state index in [0.717, 1.165) is 24.7 Å². The third-order valence-corrected chi connectivity index (χ3v) is 4.01. The molecule has 0 unspecified atom stereocenters. The number of rotatable bonds is 7. The number of thioether (sulfide) groups is 1.